The molecule has 0 aromatic heterocycles. The van der Waals surface area contributed by atoms with E-state index in [1.165, 1.54) is 11.1 Å². The van der Waals surface area contributed by atoms with Crippen LogP contribution in [-0.4, -0.2) is 10.8 Å². The minimum atomic E-state index is 0.0154. The molecule has 0 radical (unpaired) electrons. The maximum atomic E-state index is 12.1. The molecule has 2 atom stereocenters. The summed E-state index contributed by atoms with van der Waals surface area (Å²) in [4.78, 5) is 13.8. The Labute approximate surface area is 96.6 Å². The molecule has 2 nitrogen and oxygen atoms in total. The molecule has 2 rings (SSSR count). The zero-order valence-corrected chi connectivity index (χ0v) is 9.81. The van der Waals surface area contributed by atoms with Crippen molar-refractivity contribution in [2.45, 2.75) is 26.3 Å². The van der Waals surface area contributed by atoms with Gasteiger partial charge in [-0.25, -0.2) is 0 Å². The minimum absolute atomic E-state index is 0.0154. The monoisotopic (exact) mass is 215 g/mol. The maximum absolute atomic E-state index is 12.1. The Morgan fingerprint density at radius 3 is 2.69 bits per heavy atom. The number of rotatable bonds is 1. The van der Waals surface area contributed by atoms with Gasteiger partial charge >= 0.3 is 0 Å². The lowest BCUT2D eigenvalue weighted by molar-refractivity contribution is -0.132. The summed E-state index contributed by atoms with van der Waals surface area (Å²) >= 11 is 0. The van der Waals surface area contributed by atoms with Gasteiger partial charge in [0.1, 0.15) is 0 Å². The van der Waals surface area contributed by atoms with Gasteiger partial charge in [0.05, 0.1) is 6.54 Å². The van der Waals surface area contributed by atoms with Crippen LogP contribution in [0.1, 0.15) is 30.9 Å². The van der Waals surface area contributed by atoms with E-state index >= 15 is 0 Å². The first-order chi connectivity index (χ1) is 7.65. The summed E-state index contributed by atoms with van der Waals surface area (Å²) in [5.74, 6) is 0.453. The number of hydrogen-bond donors (Lipinski definition) is 0. The van der Waals surface area contributed by atoms with Gasteiger partial charge < -0.3 is 4.90 Å². The fourth-order valence-corrected chi connectivity index (χ4v) is 2.28. The van der Waals surface area contributed by atoms with Crippen molar-refractivity contribution in [1.29, 1.82) is 0 Å². The van der Waals surface area contributed by atoms with Crippen molar-refractivity contribution in [2.75, 3.05) is 0 Å². The summed E-state index contributed by atoms with van der Waals surface area (Å²) in [5, 5.41) is 0. The average Bonchev–Trinajstić information content (AvgIpc) is 2.41. The lowest BCUT2D eigenvalue weighted by atomic mass is 9.87. The second-order valence-corrected chi connectivity index (χ2v) is 4.42. The van der Waals surface area contributed by atoms with E-state index in [2.05, 4.69) is 25.6 Å². The third-order valence-corrected chi connectivity index (χ3v) is 3.53. The van der Waals surface area contributed by atoms with Gasteiger partial charge in [0, 0.05) is 5.92 Å². The number of benzene rings is 1. The molecule has 0 N–H and O–H groups in total. The van der Waals surface area contributed by atoms with Crippen LogP contribution in [0.2, 0.25) is 0 Å². The van der Waals surface area contributed by atoms with Gasteiger partial charge in [-0.05, 0) is 23.2 Å². The van der Waals surface area contributed by atoms with Crippen LogP contribution < -0.4 is 0 Å². The van der Waals surface area contributed by atoms with Gasteiger partial charge in [-0.15, -0.1) is 0 Å². The third kappa shape index (κ3) is 1.64. The average molecular weight is 215 g/mol. The summed E-state index contributed by atoms with van der Waals surface area (Å²) in [6.07, 6.45) is 1.63. The molecule has 2 heteroatoms. The Morgan fingerprint density at radius 2 is 2.00 bits per heavy atom. The van der Waals surface area contributed by atoms with Crippen molar-refractivity contribution in [3.63, 3.8) is 0 Å². The number of carbonyl (C=O) groups excluding carboxylic acids is 1. The molecule has 1 amide bonds. The number of fused-ring (bicyclic) bond motifs is 1. The molecule has 1 aromatic rings. The summed E-state index contributed by atoms with van der Waals surface area (Å²) in [7, 11) is 0. The Morgan fingerprint density at radius 1 is 1.31 bits per heavy atom. The minimum Gasteiger partial charge on any atom is -0.315 e. The molecule has 0 saturated carbocycles. The molecule has 0 unspecified atom stereocenters. The lowest BCUT2D eigenvalue weighted by Crippen LogP contribution is -2.29. The van der Waals surface area contributed by atoms with Crippen molar-refractivity contribution >= 4 is 5.91 Å². The van der Waals surface area contributed by atoms with Crippen molar-refractivity contribution < 1.29 is 4.79 Å². The first-order valence-electron chi connectivity index (χ1n) is 5.66. The van der Waals surface area contributed by atoms with E-state index in [9.17, 15) is 4.79 Å². The molecule has 0 fully saturated rings. The molecule has 1 aliphatic heterocycles. The number of hydrogen-bond acceptors (Lipinski definition) is 1. The zero-order valence-electron chi connectivity index (χ0n) is 9.81. The van der Waals surface area contributed by atoms with E-state index in [1.807, 2.05) is 19.1 Å². The second-order valence-electron chi connectivity index (χ2n) is 4.42. The van der Waals surface area contributed by atoms with Gasteiger partial charge in [0.25, 0.3) is 0 Å². The molecule has 1 aliphatic rings. The van der Waals surface area contributed by atoms with Crippen LogP contribution in [0.15, 0.2) is 37.0 Å². The van der Waals surface area contributed by atoms with Crippen molar-refractivity contribution in [3.05, 3.63) is 48.2 Å². The first kappa shape index (κ1) is 10.9. The highest BCUT2D eigenvalue weighted by molar-refractivity contribution is 5.81. The van der Waals surface area contributed by atoms with Crippen LogP contribution in [0.4, 0.5) is 0 Å². The summed E-state index contributed by atoms with van der Waals surface area (Å²) in [5.41, 5.74) is 2.51. The first-order valence-corrected chi connectivity index (χ1v) is 5.66. The Balaban J connectivity index is 2.50. The number of amides is 1. The van der Waals surface area contributed by atoms with Crippen LogP contribution in [0.25, 0.3) is 0 Å². The molecule has 16 heavy (non-hydrogen) atoms. The molecule has 0 saturated heterocycles. The zero-order chi connectivity index (χ0) is 11.7. The van der Waals surface area contributed by atoms with Crippen LogP contribution in [0, 0.1) is 5.92 Å². The third-order valence-electron chi connectivity index (χ3n) is 3.53. The highest BCUT2D eigenvalue weighted by Gasteiger charge is 2.30. The predicted molar refractivity (Wildman–Crippen MR) is 64.8 cm³/mol. The normalized spacial score (nSPS) is 24.9. The van der Waals surface area contributed by atoms with Crippen LogP contribution >= 0.6 is 0 Å². The molecule has 1 aromatic carbocycles. The van der Waals surface area contributed by atoms with Crippen LogP contribution in [0.3, 0.4) is 0 Å². The van der Waals surface area contributed by atoms with Crippen LogP contribution in [-0.2, 0) is 11.3 Å². The van der Waals surface area contributed by atoms with E-state index in [0.29, 0.717) is 6.54 Å². The Hall–Kier alpha value is -1.57. The maximum Gasteiger partial charge on any atom is 0.230 e. The summed E-state index contributed by atoms with van der Waals surface area (Å²) in [6, 6.07) is 8.27. The standard InChI is InChI=1S/C14H17NO/c1-4-15-9-12-7-5-6-8-13(12)10(2)11(3)14(15)16/h4-8,10-11H,1,9H2,2-3H3/t10-,11+/m0/s1. The number of nitrogens with zero attached hydrogens (tertiary/aromatic N) is 1. The predicted octanol–water partition coefficient (Wildman–Crippen LogP) is 2.91. The van der Waals surface area contributed by atoms with Crippen molar-refractivity contribution in [1.82, 2.24) is 4.90 Å². The van der Waals surface area contributed by atoms with E-state index in [4.69, 9.17) is 0 Å². The molecule has 0 spiro atoms. The molecule has 1 heterocycles. The van der Waals surface area contributed by atoms with E-state index < -0.39 is 0 Å². The summed E-state index contributed by atoms with van der Waals surface area (Å²) < 4.78 is 0. The summed E-state index contributed by atoms with van der Waals surface area (Å²) in [6.45, 7) is 8.47. The SMILES string of the molecule is C=CN1Cc2ccccc2[C@@H](C)[C@@H](C)C1=O. The highest BCUT2D eigenvalue weighted by atomic mass is 16.2. The van der Waals surface area contributed by atoms with Crippen molar-refractivity contribution in [3.8, 4) is 0 Å². The fourth-order valence-electron chi connectivity index (χ4n) is 2.28. The Kier molecular flexibility index (Phi) is 2.82. The van der Waals surface area contributed by atoms with Crippen molar-refractivity contribution in [2.24, 2.45) is 5.92 Å². The molecular formula is C14H17NO. The van der Waals surface area contributed by atoms with Gasteiger partial charge in [-0.1, -0.05) is 44.7 Å². The van der Waals surface area contributed by atoms with Gasteiger partial charge in [0.2, 0.25) is 5.91 Å². The van der Waals surface area contributed by atoms with E-state index in [1.54, 1.807) is 11.1 Å². The second kappa shape index (κ2) is 4.12. The molecule has 0 aliphatic carbocycles. The molecular weight excluding hydrogens is 198 g/mol. The van der Waals surface area contributed by atoms with E-state index in [0.717, 1.165) is 0 Å². The number of carbonyl (C=O) groups is 1. The smallest absolute Gasteiger partial charge is 0.230 e. The molecule has 0 bridgehead atoms. The largest absolute Gasteiger partial charge is 0.315 e. The quantitative estimate of drug-likeness (QED) is 0.705. The van der Waals surface area contributed by atoms with Crippen LogP contribution in [0.5, 0.6) is 0 Å². The topological polar surface area (TPSA) is 20.3 Å². The van der Waals surface area contributed by atoms with Gasteiger partial charge in [-0.3, -0.25) is 4.79 Å². The molecule has 84 valence electrons. The van der Waals surface area contributed by atoms with E-state index in [-0.39, 0.29) is 17.7 Å². The van der Waals surface area contributed by atoms with Gasteiger partial charge in [0.15, 0.2) is 0 Å². The lowest BCUT2D eigenvalue weighted by Gasteiger charge is -2.20. The highest BCUT2D eigenvalue weighted by Crippen LogP contribution is 2.32. The fraction of sp³-hybridized carbons (Fsp3) is 0.357. The Bertz CT molecular complexity index is 424. The van der Waals surface area contributed by atoms with Gasteiger partial charge in [-0.2, -0.15) is 0 Å².